The smallest absolute Gasteiger partial charge is 0.308 e. The van der Waals surface area contributed by atoms with Crippen molar-refractivity contribution in [2.45, 2.75) is 17.7 Å². The average Bonchev–Trinajstić information content (AvgIpc) is 2.53. The average molecular weight is 311 g/mol. The van der Waals surface area contributed by atoms with E-state index < -0.39 is 0 Å². The molecule has 0 aliphatic carbocycles. The lowest BCUT2D eigenvalue weighted by atomic mass is 9.97. The minimum absolute atomic E-state index is 0.0217. The lowest BCUT2D eigenvalue weighted by Crippen LogP contribution is -2.41. The standard InChI is InChI=1S/C15H18FNO3S/c1-20-15(19)11-6-8-17(9-7-11)14(18)10-21-13-5-3-2-4-12(13)16/h2-5,11H,6-10H2,1H3. The highest BCUT2D eigenvalue weighted by Gasteiger charge is 2.27. The third kappa shape index (κ3) is 4.20. The van der Waals surface area contributed by atoms with Crippen molar-refractivity contribution in [1.29, 1.82) is 0 Å². The van der Waals surface area contributed by atoms with E-state index in [1.807, 2.05) is 0 Å². The molecule has 1 aliphatic rings. The number of carbonyl (C=O) groups excluding carboxylic acids is 2. The van der Waals surface area contributed by atoms with Gasteiger partial charge in [0.1, 0.15) is 5.82 Å². The van der Waals surface area contributed by atoms with Gasteiger partial charge in [-0.05, 0) is 25.0 Å². The first-order chi connectivity index (χ1) is 10.1. The Morgan fingerprint density at radius 1 is 1.33 bits per heavy atom. The van der Waals surface area contributed by atoms with Gasteiger partial charge in [0.15, 0.2) is 0 Å². The number of methoxy groups -OCH3 is 1. The fraction of sp³-hybridized carbons (Fsp3) is 0.467. The molecule has 1 aromatic rings. The number of carbonyl (C=O) groups is 2. The number of halogens is 1. The number of hydrogen-bond donors (Lipinski definition) is 0. The quantitative estimate of drug-likeness (QED) is 0.632. The molecule has 1 aliphatic heterocycles. The van der Waals surface area contributed by atoms with Crippen LogP contribution in [-0.2, 0) is 14.3 Å². The van der Waals surface area contributed by atoms with Crippen LogP contribution in [0.1, 0.15) is 12.8 Å². The first kappa shape index (κ1) is 15.8. The Bertz CT molecular complexity index is 515. The van der Waals surface area contributed by atoms with Crippen molar-refractivity contribution in [1.82, 2.24) is 4.90 Å². The summed E-state index contributed by atoms with van der Waals surface area (Å²) in [7, 11) is 1.38. The molecule has 0 aromatic heterocycles. The van der Waals surface area contributed by atoms with E-state index in [2.05, 4.69) is 0 Å². The number of likely N-dealkylation sites (tertiary alicyclic amines) is 1. The summed E-state index contributed by atoms with van der Waals surface area (Å²) < 4.78 is 18.2. The van der Waals surface area contributed by atoms with Gasteiger partial charge in [-0.25, -0.2) is 4.39 Å². The summed E-state index contributed by atoms with van der Waals surface area (Å²) in [6, 6.07) is 6.42. The number of esters is 1. The second-order valence-corrected chi connectivity index (χ2v) is 5.91. The topological polar surface area (TPSA) is 46.6 Å². The molecule has 0 saturated carbocycles. The predicted molar refractivity (Wildman–Crippen MR) is 78.4 cm³/mol. The summed E-state index contributed by atoms with van der Waals surface area (Å²) in [4.78, 5) is 25.7. The van der Waals surface area contributed by atoms with Gasteiger partial charge in [-0.15, -0.1) is 11.8 Å². The fourth-order valence-electron chi connectivity index (χ4n) is 2.32. The summed E-state index contributed by atoms with van der Waals surface area (Å²) in [5, 5.41) is 0. The molecule has 1 amide bonds. The molecule has 2 rings (SSSR count). The van der Waals surface area contributed by atoms with Gasteiger partial charge in [0.2, 0.25) is 5.91 Å². The number of hydrogen-bond acceptors (Lipinski definition) is 4. The monoisotopic (exact) mass is 311 g/mol. The molecule has 0 unspecified atom stereocenters. The summed E-state index contributed by atoms with van der Waals surface area (Å²) in [6.07, 6.45) is 1.26. The normalized spacial score (nSPS) is 15.8. The SMILES string of the molecule is COC(=O)C1CCN(C(=O)CSc2ccccc2F)CC1. The number of thioether (sulfide) groups is 1. The number of benzene rings is 1. The van der Waals surface area contributed by atoms with Gasteiger partial charge >= 0.3 is 5.97 Å². The highest BCUT2D eigenvalue weighted by Crippen LogP contribution is 2.23. The van der Waals surface area contributed by atoms with E-state index in [9.17, 15) is 14.0 Å². The minimum atomic E-state index is -0.306. The number of ether oxygens (including phenoxy) is 1. The van der Waals surface area contributed by atoms with Gasteiger partial charge in [0.25, 0.3) is 0 Å². The number of piperidine rings is 1. The molecular weight excluding hydrogens is 293 g/mol. The molecule has 4 nitrogen and oxygen atoms in total. The summed E-state index contributed by atoms with van der Waals surface area (Å²) in [5.41, 5.74) is 0. The molecule has 21 heavy (non-hydrogen) atoms. The first-order valence-electron chi connectivity index (χ1n) is 6.84. The maximum Gasteiger partial charge on any atom is 0.308 e. The van der Waals surface area contributed by atoms with Gasteiger partial charge in [-0.3, -0.25) is 9.59 Å². The van der Waals surface area contributed by atoms with Gasteiger partial charge in [-0.1, -0.05) is 12.1 Å². The Labute approximate surface area is 127 Å². The van der Waals surface area contributed by atoms with Crippen LogP contribution in [-0.4, -0.2) is 42.7 Å². The molecule has 1 fully saturated rings. The first-order valence-corrected chi connectivity index (χ1v) is 7.83. The molecule has 0 radical (unpaired) electrons. The van der Waals surface area contributed by atoms with Crippen molar-refractivity contribution in [3.05, 3.63) is 30.1 Å². The molecule has 114 valence electrons. The Balaban J connectivity index is 1.80. The summed E-state index contributed by atoms with van der Waals surface area (Å²) >= 11 is 1.20. The van der Waals surface area contributed by atoms with Crippen LogP contribution < -0.4 is 0 Å². The van der Waals surface area contributed by atoms with Gasteiger partial charge < -0.3 is 9.64 Å². The van der Waals surface area contributed by atoms with E-state index in [-0.39, 0.29) is 29.4 Å². The van der Waals surface area contributed by atoms with Crippen molar-refractivity contribution >= 4 is 23.6 Å². The molecule has 6 heteroatoms. The summed E-state index contributed by atoms with van der Waals surface area (Å²) in [5.74, 6) is -0.434. The Morgan fingerprint density at radius 2 is 2.00 bits per heavy atom. The zero-order valence-electron chi connectivity index (χ0n) is 11.9. The minimum Gasteiger partial charge on any atom is -0.469 e. The molecule has 1 saturated heterocycles. The molecule has 1 heterocycles. The molecule has 0 bridgehead atoms. The van der Waals surface area contributed by atoms with Crippen molar-refractivity contribution in [2.75, 3.05) is 26.0 Å². The van der Waals surface area contributed by atoms with E-state index in [4.69, 9.17) is 4.74 Å². The number of nitrogens with zero attached hydrogens (tertiary/aromatic N) is 1. The van der Waals surface area contributed by atoms with Crippen LogP contribution in [0.25, 0.3) is 0 Å². The van der Waals surface area contributed by atoms with Crippen LogP contribution in [0.5, 0.6) is 0 Å². The van der Waals surface area contributed by atoms with E-state index in [0.29, 0.717) is 30.8 Å². The molecular formula is C15H18FNO3S. The van der Waals surface area contributed by atoms with Crippen LogP contribution >= 0.6 is 11.8 Å². The third-order valence-corrected chi connectivity index (χ3v) is 4.60. The maximum absolute atomic E-state index is 13.5. The van der Waals surface area contributed by atoms with Gasteiger partial charge in [-0.2, -0.15) is 0 Å². The van der Waals surface area contributed by atoms with Crippen LogP contribution in [0.2, 0.25) is 0 Å². The second kappa shape index (κ2) is 7.45. The Kier molecular flexibility index (Phi) is 5.61. The van der Waals surface area contributed by atoms with Gasteiger partial charge in [0, 0.05) is 18.0 Å². The molecule has 0 atom stereocenters. The zero-order chi connectivity index (χ0) is 15.2. The molecule has 0 N–H and O–H groups in total. The maximum atomic E-state index is 13.5. The van der Waals surface area contributed by atoms with Crippen molar-refractivity contribution in [3.63, 3.8) is 0 Å². The highest BCUT2D eigenvalue weighted by atomic mass is 32.2. The number of amides is 1. The third-order valence-electron chi connectivity index (χ3n) is 3.57. The van der Waals surface area contributed by atoms with Crippen LogP contribution in [0.3, 0.4) is 0 Å². The van der Waals surface area contributed by atoms with Crippen molar-refractivity contribution < 1.29 is 18.7 Å². The number of rotatable bonds is 4. The van der Waals surface area contributed by atoms with Gasteiger partial charge in [0.05, 0.1) is 18.8 Å². The summed E-state index contributed by atoms with van der Waals surface area (Å²) in [6.45, 7) is 1.10. The molecule has 1 aromatic carbocycles. The van der Waals surface area contributed by atoms with Crippen LogP contribution in [0, 0.1) is 11.7 Å². The van der Waals surface area contributed by atoms with E-state index in [1.54, 1.807) is 23.1 Å². The fourth-order valence-corrected chi connectivity index (χ4v) is 3.17. The molecule has 0 spiro atoms. The lowest BCUT2D eigenvalue weighted by Gasteiger charge is -2.30. The van der Waals surface area contributed by atoms with E-state index >= 15 is 0 Å². The van der Waals surface area contributed by atoms with E-state index in [1.165, 1.54) is 24.9 Å². The zero-order valence-corrected chi connectivity index (χ0v) is 12.7. The largest absolute Gasteiger partial charge is 0.469 e. The Hall–Kier alpha value is -1.56. The van der Waals surface area contributed by atoms with Crippen molar-refractivity contribution in [2.24, 2.45) is 5.92 Å². The lowest BCUT2D eigenvalue weighted by molar-refractivity contribution is -0.148. The second-order valence-electron chi connectivity index (χ2n) is 4.90. The van der Waals surface area contributed by atoms with Crippen LogP contribution in [0.15, 0.2) is 29.2 Å². The predicted octanol–water partition coefficient (Wildman–Crippen LogP) is 2.33. The van der Waals surface area contributed by atoms with Crippen molar-refractivity contribution in [3.8, 4) is 0 Å². The highest BCUT2D eigenvalue weighted by molar-refractivity contribution is 8.00. The Morgan fingerprint density at radius 3 is 2.62 bits per heavy atom. The van der Waals surface area contributed by atoms with E-state index in [0.717, 1.165) is 0 Å². The van der Waals surface area contributed by atoms with Crippen LogP contribution in [0.4, 0.5) is 4.39 Å².